The van der Waals surface area contributed by atoms with Gasteiger partial charge in [0.1, 0.15) is 18.2 Å². The van der Waals surface area contributed by atoms with Crippen molar-refractivity contribution in [2.75, 3.05) is 0 Å². The molecule has 126 valence electrons. The van der Waals surface area contributed by atoms with Gasteiger partial charge in [-0.05, 0) is 54.0 Å². The summed E-state index contributed by atoms with van der Waals surface area (Å²) in [5.41, 5.74) is 8.35. The van der Waals surface area contributed by atoms with E-state index in [1.807, 2.05) is 12.1 Å². The zero-order valence-corrected chi connectivity index (χ0v) is 14.1. The highest BCUT2D eigenvalue weighted by atomic mass is 19.1. The Balaban J connectivity index is 1.76. The Bertz CT molecular complexity index is 783. The first-order valence-corrected chi connectivity index (χ1v) is 8.17. The Morgan fingerprint density at radius 3 is 2.79 bits per heavy atom. The second-order valence-corrected chi connectivity index (χ2v) is 7.20. The first kappa shape index (κ1) is 16.5. The fraction of sp³-hybridized carbons (Fsp3) is 0.350. The third kappa shape index (κ3) is 3.42. The molecule has 0 spiro atoms. The van der Waals surface area contributed by atoms with Crippen molar-refractivity contribution < 1.29 is 13.9 Å². The standard InChI is InChI=1S/C20H22FNO2/c1-20(2)9-8-13-6-7-16(10-15(13)11-20)24-12-14-4-3-5-17(18(14)21)19(22)23/h3-7,10H,8-9,11-12H2,1-2H3,(H2,22,23). The lowest BCUT2D eigenvalue weighted by Gasteiger charge is -2.31. The molecule has 0 radical (unpaired) electrons. The summed E-state index contributed by atoms with van der Waals surface area (Å²) in [6.45, 7) is 4.61. The molecule has 0 fully saturated rings. The summed E-state index contributed by atoms with van der Waals surface area (Å²) in [4.78, 5) is 11.2. The summed E-state index contributed by atoms with van der Waals surface area (Å²) in [6.07, 6.45) is 3.29. The van der Waals surface area contributed by atoms with E-state index in [0.29, 0.717) is 11.0 Å². The number of fused-ring (bicyclic) bond motifs is 1. The number of nitrogens with two attached hydrogens (primary N) is 1. The number of primary amides is 1. The molecule has 2 aromatic rings. The van der Waals surface area contributed by atoms with Crippen molar-refractivity contribution in [1.29, 1.82) is 0 Å². The molecule has 3 rings (SSSR count). The smallest absolute Gasteiger partial charge is 0.251 e. The Hall–Kier alpha value is -2.36. The average molecular weight is 327 g/mol. The largest absolute Gasteiger partial charge is 0.489 e. The van der Waals surface area contributed by atoms with E-state index >= 15 is 0 Å². The van der Waals surface area contributed by atoms with Crippen molar-refractivity contribution in [3.63, 3.8) is 0 Å². The van der Waals surface area contributed by atoms with E-state index in [0.717, 1.165) is 18.6 Å². The Kier molecular flexibility index (Phi) is 4.31. The molecule has 2 aromatic carbocycles. The van der Waals surface area contributed by atoms with Crippen molar-refractivity contribution in [3.8, 4) is 5.75 Å². The molecular weight excluding hydrogens is 305 g/mol. The number of amides is 1. The lowest BCUT2D eigenvalue weighted by molar-refractivity contribution is 0.0996. The molecular formula is C20H22FNO2. The summed E-state index contributed by atoms with van der Waals surface area (Å²) in [6, 6.07) is 10.7. The number of halogens is 1. The molecule has 0 saturated carbocycles. The number of hydrogen-bond acceptors (Lipinski definition) is 2. The number of carbonyl (C=O) groups excluding carboxylic acids is 1. The molecule has 0 bridgehead atoms. The molecule has 1 amide bonds. The zero-order chi connectivity index (χ0) is 17.3. The fourth-order valence-corrected chi connectivity index (χ4v) is 3.22. The van der Waals surface area contributed by atoms with Gasteiger partial charge in [-0.25, -0.2) is 4.39 Å². The molecule has 0 atom stereocenters. The molecule has 1 aliphatic rings. The van der Waals surface area contributed by atoms with Gasteiger partial charge in [0.2, 0.25) is 0 Å². The summed E-state index contributed by atoms with van der Waals surface area (Å²) in [7, 11) is 0. The van der Waals surface area contributed by atoms with Crippen LogP contribution in [0.3, 0.4) is 0 Å². The number of aryl methyl sites for hydroxylation is 1. The van der Waals surface area contributed by atoms with Gasteiger partial charge in [-0.3, -0.25) is 4.79 Å². The van der Waals surface area contributed by atoms with E-state index in [-0.39, 0.29) is 12.2 Å². The Labute approximate surface area is 141 Å². The number of rotatable bonds is 4. The minimum absolute atomic E-state index is 0.0646. The van der Waals surface area contributed by atoms with Gasteiger partial charge in [-0.1, -0.05) is 32.0 Å². The first-order chi connectivity index (χ1) is 11.4. The topological polar surface area (TPSA) is 52.3 Å². The highest BCUT2D eigenvalue weighted by Gasteiger charge is 2.25. The third-order valence-corrected chi connectivity index (χ3v) is 4.66. The van der Waals surface area contributed by atoms with E-state index in [2.05, 4.69) is 19.9 Å². The van der Waals surface area contributed by atoms with Gasteiger partial charge in [-0.2, -0.15) is 0 Å². The maximum atomic E-state index is 14.2. The second-order valence-electron chi connectivity index (χ2n) is 7.20. The third-order valence-electron chi connectivity index (χ3n) is 4.66. The predicted octanol–water partition coefficient (Wildman–Crippen LogP) is 4.02. The van der Waals surface area contributed by atoms with Crippen LogP contribution in [-0.2, 0) is 19.4 Å². The van der Waals surface area contributed by atoms with E-state index in [4.69, 9.17) is 10.5 Å². The van der Waals surface area contributed by atoms with Crippen molar-refractivity contribution in [3.05, 3.63) is 64.5 Å². The van der Waals surface area contributed by atoms with Gasteiger partial charge in [0.25, 0.3) is 5.91 Å². The average Bonchev–Trinajstić information content (AvgIpc) is 2.52. The number of benzene rings is 2. The van der Waals surface area contributed by atoms with Gasteiger partial charge >= 0.3 is 0 Å². The van der Waals surface area contributed by atoms with Crippen LogP contribution in [-0.4, -0.2) is 5.91 Å². The van der Waals surface area contributed by atoms with E-state index < -0.39 is 11.7 Å². The highest BCUT2D eigenvalue weighted by Crippen LogP contribution is 2.36. The van der Waals surface area contributed by atoms with E-state index in [1.165, 1.54) is 23.6 Å². The molecule has 0 aromatic heterocycles. The normalized spacial score (nSPS) is 15.6. The maximum Gasteiger partial charge on any atom is 0.251 e. The quantitative estimate of drug-likeness (QED) is 0.922. The number of hydrogen-bond donors (Lipinski definition) is 1. The van der Waals surface area contributed by atoms with Crippen LogP contribution < -0.4 is 10.5 Å². The Morgan fingerprint density at radius 1 is 1.25 bits per heavy atom. The lowest BCUT2D eigenvalue weighted by atomic mass is 9.74. The first-order valence-electron chi connectivity index (χ1n) is 8.17. The van der Waals surface area contributed by atoms with Gasteiger partial charge in [-0.15, -0.1) is 0 Å². The van der Waals surface area contributed by atoms with Gasteiger partial charge in [0.15, 0.2) is 0 Å². The minimum Gasteiger partial charge on any atom is -0.489 e. The van der Waals surface area contributed by atoms with Crippen LogP contribution in [0, 0.1) is 11.2 Å². The Morgan fingerprint density at radius 2 is 2.04 bits per heavy atom. The molecule has 24 heavy (non-hydrogen) atoms. The summed E-state index contributed by atoms with van der Waals surface area (Å²) in [5, 5.41) is 0. The van der Waals surface area contributed by atoms with Crippen molar-refractivity contribution in [1.82, 2.24) is 0 Å². The molecule has 1 aliphatic carbocycles. The molecule has 0 saturated heterocycles. The van der Waals surface area contributed by atoms with Crippen LogP contribution >= 0.6 is 0 Å². The minimum atomic E-state index is -0.773. The lowest BCUT2D eigenvalue weighted by Crippen LogP contribution is -2.22. The number of carbonyl (C=O) groups is 1. The summed E-state index contributed by atoms with van der Waals surface area (Å²) < 4.78 is 20.0. The van der Waals surface area contributed by atoms with Crippen LogP contribution in [0.4, 0.5) is 4.39 Å². The van der Waals surface area contributed by atoms with Gasteiger partial charge < -0.3 is 10.5 Å². The molecule has 0 heterocycles. The summed E-state index contributed by atoms with van der Waals surface area (Å²) in [5.74, 6) is -0.662. The van der Waals surface area contributed by atoms with Gasteiger partial charge in [0.05, 0.1) is 5.56 Å². The maximum absolute atomic E-state index is 14.2. The predicted molar refractivity (Wildman–Crippen MR) is 91.5 cm³/mol. The van der Waals surface area contributed by atoms with Crippen molar-refractivity contribution in [2.45, 2.75) is 39.7 Å². The van der Waals surface area contributed by atoms with Crippen LogP contribution in [0.15, 0.2) is 36.4 Å². The highest BCUT2D eigenvalue weighted by molar-refractivity contribution is 5.93. The molecule has 4 heteroatoms. The zero-order valence-electron chi connectivity index (χ0n) is 14.1. The van der Waals surface area contributed by atoms with Crippen molar-refractivity contribution in [2.24, 2.45) is 11.1 Å². The molecule has 0 unspecified atom stereocenters. The van der Waals surface area contributed by atoms with Crippen molar-refractivity contribution >= 4 is 5.91 Å². The summed E-state index contributed by atoms with van der Waals surface area (Å²) >= 11 is 0. The molecule has 0 aliphatic heterocycles. The van der Waals surface area contributed by atoms with Crippen LogP contribution in [0.5, 0.6) is 5.75 Å². The van der Waals surface area contributed by atoms with Crippen LogP contribution in [0.2, 0.25) is 0 Å². The molecule has 2 N–H and O–H groups in total. The fourth-order valence-electron chi connectivity index (χ4n) is 3.22. The number of ether oxygens (including phenoxy) is 1. The monoisotopic (exact) mass is 327 g/mol. The van der Waals surface area contributed by atoms with E-state index in [1.54, 1.807) is 12.1 Å². The van der Waals surface area contributed by atoms with E-state index in [9.17, 15) is 9.18 Å². The SMILES string of the molecule is CC1(C)CCc2ccc(OCc3cccc(C(N)=O)c3F)cc2C1. The van der Waals surface area contributed by atoms with Crippen LogP contribution in [0.1, 0.15) is 47.3 Å². The molecule has 3 nitrogen and oxygen atoms in total. The second kappa shape index (κ2) is 6.27. The van der Waals surface area contributed by atoms with Crippen LogP contribution in [0.25, 0.3) is 0 Å². The van der Waals surface area contributed by atoms with Gasteiger partial charge in [0, 0.05) is 5.56 Å².